The van der Waals surface area contributed by atoms with Gasteiger partial charge in [0, 0.05) is 28.9 Å². The van der Waals surface area contributed by atoms with Crippen molar-refractivity contribution in [3.8, 4) is 0 Å². The molecule has 6 heteroatoms. The number of hydrogen-bond acceptors (Lipinski definition) is 3. The van der Waals surface area contributed by atoms with Gasteiger partial charge in [0.15, 0.2) is 0 Å². The molecule has 86 valence electrons. The molecule has 0 saturated carbocycles. The van der Waals surface area contributed by atoms with E-state index in [-0.39, 0.29) is 6.04 Å². The van der Waals surface area contributed by atoms with E-state index >= 15 is 0 Å². The van der Waals surface area contributed by atoms with Crippen LogP contribution in [-0.2, 0) is 20.8 Å². The second-order valence-electron chi connectivity index (χ2n) is 3.68. The highest BCUT2D eigenvalue weighted by Crippen LogP contribution is 2.01. The van der Waals surface area contributed by atoms with Crippen LogP contribution in [0.15, 0.2) is 0 Å². The Morgan fingerprint density at radius 2 is 1.79 bits per heavy atom. The van der Waals surface area contributed by atoms with Crippen molar-refractivity contribution < 1.29 is 12.6 Å². The topological polar surface area (TPSA) is 63.2 Å². The first-order valence-corrected chi connectivity index (χ1v) is 7.84. The van der Waals surface area contributed by atoms with E-state index in [2.05, 4.69) is 4.72 Å². The zero-order chi connectivity index (χ0) is 11.4. The third kappa shape index (κ3) is 5.72. The molecule has 1 N–H and O–H groups in total. The van der Waals surface area contributed by atoms with Crippen LogP contribution in [-0.4, -0.2) is 35.9 Å². The molecular formula is C8H19NO3S2. The molecule has 2 atom stereocenters. The van der Waals surface area contributed by atoms with Crippen LogP contribution in [0.3, 0.4) is 0 Å². The summed E-state index contributed by atoms with van der Waals surface area (Å²) in [6, 6.07) is -0.147. The van der Waals surface area contributed by atoms with Gasteiger partial charge in [-0.25, -0.2) is 13.1 Å². The minimum Gasteiger partial charge on any atom is -0.260 e. The van der Waals surface area contributed by atoms with E-state index in [1.807, 2.05) is 0 Å². The molecule has 0 radical (unpaired) electrons. The van der Waals surface area contributed by atoms with Gasteiger partial charge in [0.2, 0.25) is 10.0 Å². The van der Waals surface area contributed by atoms with Crippen molar-refractivity contribution in [2.75, 3.05) is 12.0 Å². The fraction of sp³-hybridized carbons (Fsp3) is 1.00. The molecule has 0 aromatic heterocycles. The van der Waals surface area contributed by atoms with Crippen molar-refractivity contribution >= 4 is 20.8 Å². The van der Waals surface area contributed by atoms with E-state index in [0.717, 1.165) is 0 Å². The third-order valence-electron chi connectivity index (χ3n) is 1.82. The molecule has 0 spiro atoms. The van der Waals surface area contributed by atoms with Gasteiger partial charge in [-0.15, -0.1) is 0 Å². The lowest BCUT2D eigenvalue weighted by molar-refractivity contribution is 0.547. The van der Waals surface area contributed by atoms with Gasteiger partial charge in [-0.2, -0.15) is 0 Å². The summed E-state index contributed by atoms with van der Waals surface area (Å²) in [5, 5.41) is -0.419. The number of nitrogens with one attached hydrogen (secondary N) is 1. The molecular weight excluding hydrogens is 222 g/mol. The lowest BCUT2D eigenvalue weighted by Crippen LogP contribution is -2.38. The minimum absolute atomic E-state index is 0.147. The fourth-order valence-electron chi connectivity index (χ4n) is 0.818. The van der Waals surface area contributed by atoms with Crippen LogP contribution in [0.1, 0.15) is 27.2 Å². The highest BCUT2D eigenvalue weighted by Gasteiger charge is 2.18. The average Bonchev–Trinajstić information content (AvgIpc) is 1.99. The third-order valence-corrected chi connectivity index (χ3v) is 4.61. The van der Waals surface area contributed by atoms with Gasteiger partial charge < -0.3 is 0 Å². The Morgan fingerprint density at radius 3 is 2.14 bits per heavy atom. The van der Waals surface area contributed by atoms with Crippen molar-refractivity contribution in [3.05, 3.63) is 0 Å². The monoisotopic (exact) mass is 241 g/mol. The first kappa shape index (κ1) is 14.1. The van der Waals surface area contributed by atoms with E-state index in [1.54, 1.807) is 27.0 Å². The minimum atomic E-state index is -3.19. The molecule has 0 aromatic rings. The summed E-state index contributed by atoms with van der Waals surface area (Å²) in [4.78, 5) is 0. The molecule has 0 aliphatic heterocycles. The van der Waals surface area contributed by atoms with Crippen LogP contribution in [0.5, 0.6) is 0 Å². The predicted molar refractivity (Wildman–Crippen MR) is 60.2 cm³/mol. The molecule has 0 heterocycles. The summed E-state index contributed by atoms with van der Waals surface area (Å²) < 4.78 is 36.1. The SMILES string of the molecule is CC(CCS(C)=O)NS(=O)(=O)C(C)C. The van der Waals surface area contributed by atoms with E-state index < -0.39 is 26.1 Å². The normalized spacial score (nSPS) is 16.9. The van der Waals surface area contributed by atoms with E-state index in [4.69, 9.17) is 0 Å². The van der Waals surface area contributed by atoms with Crippen LogP contribution in [0.25, 0.3) is 0 Å². The highest BCUT2D eigenvalue weighted by atomic mass is 32.2. The Bertz CT molecular complexity index is 285. The van der Waals surface area contributed by atoms with Crippen LogP contribution >= 0.6 is 0 Å². The smallest absolute Gasteiger partial charge is 0.214 e. The summed E-state index contributed by atoms with van der Waals surface area (Å²) in [6.45, 7) is 5.05. The molecule has 14 heavy (non-hydrogen) atoms. The number of hydrogen-bond donors (Lipinski definition) is 1. The van der Waals surface area contributed by atoms with Gasteiger partial charge in [-0.1, -0.05) is 0 Å². The Morgan fingerprint density at radius 1 is 1.29 bits per heavy atom. The van der Waals surface area contributed by atoms with E-state index in [1.165, 1.54) is 0 Å². The quantitative estimate of drug-likeness (QED) is 0.735. The van der Waals surface area contributed by atoms with E-state index in [9.17, 15) is 12.6 Å². The molecule has 0 aliphatic carbocycles. The maximum atomic E-state index is 11.4. The molecule has 2 unspecified atom stereocenters. The van der Waals surface area contributed by atoms with Gasteiger partial charge in [-0.05, 0) is 27.2 Å². The van der Waals surface area contributed by atoms with Crippen molar-refractivity contribution in [2.45, 2.75) is 38.5 Å². The Labute approximate surface area is 89.0 Å². The van der Waals surface area contributed by atoms with Crippen molar-refractivity contribution in [1.82, 2.24) is 4.72 Å². The largest absolute Gasteiger partial charge is 0.260 e. The molecule has 0 aliphatic rings. The fourth-order valence-corrected chi connectivity index (χ4v) is 2.45. The summed E-state index contributed by atoms with van der Waals surface area (Å²) in [5.41, 5.74) is 0. The first-order valence-electron chi connectivity index (χ1n) is 4.57. The van der Waals surface area contributed by atoms with Crippen LogP contribution in [0.4, 0.5) is 0 Å². The summed E-state index contributed by atoms with van der Waals surface area (Å²) in [7, 11) is -4.05. The zero-order valence-corrected chi connectivity index (χ0v) is 10.7. The van der Waals surface area contributed by atoms with Gasteiger partial charge in [0.1, 0.15) is 0 Å². The lowest BCUT2D eigenvalue weighted by atomic mass is 10.3. The number of rotatable bonds is 6. The lowest BCUT2D eigenvalue weighted by Gasteiger charge is -2.15. The standard InChI is InChI=1S/C8H19NO3S2/c1-7(2)14(11,12)9-8(3)5-6-13(4)10/h7-9H,5-6H2,1-4H3. The second-order valence-corrected chi connectivity index (χ2v) is 7.50. The average molecular weight is 241 g/mol. The van der Waals surface area contributed by atoms with Crippen molar-refractivity contribution in [2.24, 2.45) is 0 Å². The van der Waals surface area contributed by atoms with Crippen LogP contribution in [0, 0.1) is 0 Å². The highest BCUT2D eigenvalue weighted by molar-refractivity contribution is 7.90. The molecule has 4 nitrogen and oxygen atoms in total. The first-order chi connectivity index (χ1) is 6.25. The summed E-state index contributed by atoms with van der Waals surface area (Å²) >= 11 is 0. The molecule has 0 amide bonds. The molecule has 0 rings (SSSR count). The predicted octanol–water partition coefficient (Wildman–Crippen LogP) is 0.471. The number of sulfonamides is 1. The second kappa shape index (κ2) is 5.82. The Balaban J connectivity index is 4.06. The molecule has 0 bridgehead atoms. The maximum absolute atomic E-state index is 11.4. The summed E-state index contributed by atoms with van der Waals surface area (Å²) in [6.07, 6.45) is 2.22. The zero-order valence-electron chi connectivity index (χ0n) is 9.11. The van der Waals surface area contributed by atoms with Gasteiger partial charge in [0.05, 0.1) is 5.25 Å². The van der Waals surface area contributed by atoms with Crippen molar-refractivity contribution in [3.63, 3.8) is 0 Å². The van der Waals surface area contributed by atoms with Gasteiger partial charge in [-0.3, -0.25) is 4.21 Å². The molecule has 0 fully saturated rings. The Kier molecular flexibility index (Phi) is 5.85. The van der Waals surface area contributed by atoms with Gasteiger partial charge >= 0.3 is 0 Å². The van der Waals surface area contributed by atoms with Crippen molar-refractivity contribution in [1.29, 1.82) is 0 Å². The van der Waals surface area contributed by atoms with E-state index in [0.29, 0.717) is 12.2 Å². The Hall–Kier alpha value is 0.0600. The van der Waals surface area contributed by atoms with Gasteiger partial charge in [0.25, 0.3) is 0 Å². The molecule has 0 saturated heterocycles. The van der Waals surface area contributed by atoms with Crippen LogP contribution in [0.2, 0.25) is 0 Å². The molecule has 0 aromatic carbocycles. The maximum Gasteiger partial charge on any atom is 0.214 e. The summed E-state index contributed by atoms with van der Waals surface area (Å²) in [5.74, 6) is 0.530. The van der Waals surface area contributed by atoms with Crippen LogP contribution < -0.4 is 4.72 Å².